The Labute approximate surface area is 167 Å². The molecule has 144 valence electrons. The number of hydrogen-bond acceptors (Lipinski definition) is 6. The van der Waals surface area contributed by atoms with E-state index < -0.39 is 5.25 Å². The fourth-order valence-electron chi connectivity index (χ4n) is 3.11. The van der Waals surface area contributed by atoms with Crippen LogP contribution in [0.15, 0.2) is 65.8 Å². The summed E-state index contributed by atoms with van der Waals surface area (Å²) in [5.74, 6) is -0.117. The van der Waals surface area contributed by atoms with Crippen molar-refractivity contribution >= 4 is 23.4 Å². The van der Waals surface area contributed by atoms with Crippen LogP contribution >= 0.6 is 11.8 Å². The maximum atomic E-state index is 13.1. The largest absolute Gasteiger partial charge is 0.376 e. The van der Waals surface area contributed by atoms with Gasteiger partial charge in [-0.2, -0.15) is 0 Å². The van der Waals surface area contributed by atoms with Crippen molar-refractivity contribution in [1.29, 1.82) is 0 Å². The molecule has 0 radical (unpaired) electrons. The van der Waals surface area contributed by atoms with Crippen molar-refractivity contribution in [3.05, 3.63) is 66.2 Å². The first-order chi connectivity index (χ1) is 13.8. The number of aromatic nitrogens is 4. The lowest BCUT2D eigenvalue weighted by Crippen LogP contribution is -2.21. The van der Waals surface area contributed by atoms with E-state index >= 15 is 0 Å². The highest BCUT2D eigenvalue weighted by atomic mass is 32.2. The van der Waals surface area contributed by atoms with Crippen LogP contribution in [0.4, 0.5) is 5.69 Å². The number of nitrogens with zero attached hydrogens (tertiary/aromatic N) is 4. The molecule has 8 heteroatoms. The average molecular weight is 395 g/mol. The number of para-hydroxylation sites is 1. The van der Waals surface area contributed by atoms with Crippen molar-refractivity contribution in [1.82, 2.24) is 20.2 Å². The summed E-state index contributed by atoms with van der Waals surface area (Å²) in [4.78, 5) is 13.1. The predicted molar refractivity (Wildman–Crippen MR) is 107 cm³/mol. The Bertz CT molecular complexity index is 897. The normalized spacial score (nSPS) is 17.4. The Kier molecular flexibility index (Phi) is 5.98. The van der Waals surface area contributed by atoms with Gasteiger partial charge < -0.3 is 10.1 Å². The molecule has 2 aromatic carbocycles. The van der Waals surface area contributed by atoms with Gasteiger partial charge in [0.25, 0.3) is 0 Å². The van der Waals surface area contributed by atoms with Crippen LogP contribution in [0.2, 0.25) is 0 Å². The second kappa shape index (κ2) is 8.99. The summed E-state index contributed by atoms with van der Waals surface area (Å²) < 4.78 is 7.42. The molecule has 28 heavy (non-hydrogen) atoms. The van der Waals surface area contributed by atoms with Crippen LogP contribution in [0.3, 0.4) is 0 Å². The minimum Gasteiger partial charge on any atom is -0.376 e. The summed E-state index contributed by atoms with van der Waals surface area (Å²) in [6.45, 7) is 1.37. The van der Waals surface area contributed by atoms with Crippen molar-refractivity contribution in [2.24, 2.45) is 0 Å². The molecule has 4 rings (SSSR count). The Morgan fingerprint density at radius 2 is 1.93 bits per heavy atom. The molecule has 2 atom stereocenters. The van der Waals surface area contributed by atoms with Crippen molar-refractivity contribution in [2.75, 3.05) is 11.9 Å². The number of tetrazole rings is 1. The first-order valence-electron chi connectivity index (χ1n) is 9.25. The SMILES string of the molecule is O=C(Nc1ccccc1)C(Sc1nnnn1CC1CCCO1)c1ccccc1. The zero-order valence-electron chi connectivity index (χ0n) is 15.3. The zero-order valence-corrected chi connectivity index (χ0v) is 16.1. The summed E-state index contributed by atoms with van der Waals surface area (Å²) in [6, 6.07) is 19.1. The third-order valence-corrected chi connectivity index (χ3v) is 5.73. The van der Waals surface area contributed by atoms with Gasteiger partial charge in [-0.25, -0.2) is 4.68 Å². The van der Waals surface area contributed by atoms with Gasteiger partial charge in [0.15, 0.2) is 0 Å². The third kappa shape index (κ3) is 4.58. The zero-order chi connectivity index (χ0) is 19.2. The monoisotopic (exact) mass is 395 g/mol. The van der Waals surface area contributed by atoms with Crippen LogP contribution in [0.25, 0.3) is 0 Å². The van der Waals surface area contributed by atoms with Crippen molar-refractivity contribution in [3.8, 4) is 0 Å². The summed E-state index contributed by atoms with van der Waals surface area (Å²) in [5, 5.41) is 15.2. The molecule has 2 unspecified atom stereocenters. The van der Waals surface area contributed by atoms with Gasteiger partial charge in [0.1, 0.15) is 5.25 Å². The molecule has 2 heterocycles. The van der Waals surface area contributed by atoms with Crippen LogP contribution in [0, 0.1) is 0 Å². The first kappa shape index (κ1) is 18.6. The molecule has 0 aliphatic carbocycles. The molecular formula is C20H21N5O2S. The molecule has 0 bridgehead atoms. The Morgan fingerprint density at radius 1 is 1.18 bits per heavy atom. The van der Waals surface area contributed by atoms with Crippen molar-refractivity contribution in [2.45, 2.75) is 35.9 Å². The number of ether oxygens (including phenoxy) is 1. The molecule has 7 nitrogen and oxygen atoms in total. The summed E-state index contributed by atoms with van der Waals surface area (Å²) in [5.41, 5.74) is 1.65. The second-order valence-electron chi connectivity index (χ2n) is 6.54. The Balaban J connectivity index is 1.55. The van der Waals surface area contributed by atoms with E-state index in [1.54, 1.807) is 4.68 Å². The number of nitrogens with one attached hydrogen (secondary N) is 1. The Morgan fingerprint density at radius 3 is 2.64 bits per heavy atom. The molecule has 1 saturated heterocycles. The van der Waals surface area contributed by atoms with Crippen LogP contribution in [-0.2, 0) is 16.1 Å². The van der Waals surface area contributed by atoms with Gasteiger partial charge in [-0.1, -0.05) is 60.3 Å². The van der Waals surface area contributed by atoms with E-state index in [4.69, 9.17) is 4.74 Å². The molecule has 1 aliphatic heterocycles. The minimum atomic E-state index is -0.476. The number of benzene rings is 2. The molecule has 0 saturated carbocycles. The van der Waals surface area contributed by atoms with Crippen LogP contribution in [0.5, 0.6) is 0 Å². The van der Waals surface area contributed by atoms with E-state index in [9.17, 15) is 4.79 Å². The van der Waals surface area contributed by atoms with Gasteiger partial charge in [-0.05, 0) is 41.0 Å². The highest BCUT2D eigenvalue weighted by Crippen LogP contribution is 2.35. The number of carbonyl (C=O) groups excluding carboxylic acids is 1. The third-order valence-electron chi connectivity index (χ3n) is 4.50. The van der Waals surface area contributed by atoms with Gasteiger partial charge in [0.05, 0.1) is 12.6 Å². The highest BCUT2D eigenvalue weighted by Gasteiger charge is 2.26. The van der Waals surface area contributed by atoms with E-state index in [-0.39, 0.29) is 12.0 Å². The average Bonchev–Trinajstić information content (AvgIpc) is 3.40. The smallest absolute Gasteiger partial charge is 0.242 e. The molecule has 1 aromatic heterocycles. The van der Waals surface area contributed by atoms with Crippen molar-refractivity contribution in [3.63, 3.8) is 0 Å². The molecule has 1 fully saturated rings. The lowest BCUT2D eigenvalue weighted by atomic mass is 10.1. The molecule has 0 spiro atoms. The number of anilines is 1. The predicted octanol–water partition coefficient (Wildman–Crippen LogP) is 3.32. The number of amides is 1. The van der Waals surface area contributed by atoms with E-state index in [0.717, 1.165) is 30.7 Å². The molecule has 1 N–H and O–H groups in total. The maximum Gasteiger partial charge on any atom is 0.242 e. The number of rotatable bonds is 7. The number of carbonyl (C=O) groups is 1. The summed E-state index contributed by atoms with van der Waals surface area (Å²) in [7, 11) is 0. The topological polar surface area (TPSA) is 81.9 Å². The van der Waals surface area contributed by atoms with E-state index in [1.165, 1.54) is 11.8 Å². The highest BCUT2D eigenvalue weighted by molar-refractivity contribution is 8.00. The molecule has 1 aliphatic rings. The van der Waals surface area contributed by atoms with Gasteiger partial charge in [0, 0.05) is 12.3 Å². The van der Waals surface area contributed by atoms with Crippen LogP contribution < -0.4 is 5.32 Å². The van der Waals surface area contributed by atoms with Gasteiger partial charge >= 0.3 is 0 Å². The lowest BCUT2D eigenvalue weighted by molar-refractivity contribution is -0.115. The summed E-state index contributed by atoms with van der Waals surface area (Å²) >= 11 is 1.35. The first-order valence-corrected chi connectivity index (χ1v) is 10.1. The summed E-state index contributed by atoms with van der Waals surface area (Å²) in [6.07, 6.45) is 2.18. The molecular weight excluding hydrogens is 374 g/mol. The standard InChI is InChI=1S/C20H21N5O2S/c26-19(21-16-10-5-2-6-11-16)18(15-8-3-1-4-9-15)28-20-22-23-24-25(20)14-17-12-7-13-27-17/h1-6,8-11,17-18H,7,12-14H2,(H,21,26). The van der Waals surface area contributed by atoms with E-state index in [2.05, 4.69) is 20.8 Å². The Hall–Kier alpha value is -2.71. The number of hydrogen-bond donors (Lipinski definition) is 1. The quantitative estimate of drug-likeness (QED) is 0.618. The lowest BCUT2D eigenvalue weighted by Gasteiger charge is -2.17. The molecule has 3 aromatic rings. The van der Waals surface area contributed by atoms with Gasteiger partial charge in [-0.15, -0.1) is 5.10 Å². The fraction of sp³-hybridized carbons (Fsp3) is 0.300. The number of thioether (sulfide) groups is 1. The maximum absolute atomic E-state index is 13.1. The van der Waals surface area contributed by atoms with Crippen molar-refractivity contribution < 1.29 is 9.53 Å². The second-order valence-corrected chi connectivity index (χ2v) is 7.61. The minimum absolute atomic E-state index is 0.117. The van der Waals surface area contributed by atoms with E-state index in [1.807, 2.05) is 60.7 Å². The van der Waals surface area contributed by atoms with Crippen LogP contribution in [-0.4, -0.2) is 38.8 Å². The fourth-order valence-corrected chi connectivity index (χ4v) is 4.10. The van der Waals surface area contributed by atoms with Gasteiger partial charge in [0.2, 0.25) is 11.1 Å². The van der Waals surface area contributed by atoms with Crippen LogP contribution in [0.1, 0.15) is 23.7 Å². The van der Waals surface area contributed by atoms with Gasteiger partial charge in [-0.3, -0.25) is 4.79 Å². The van der Waals surface area contributed by atoms with E-state index in [0.29, 0.717) is 11.7 Å². The molecule has 1 amide bonds.